The Bertz CT molecular complexity index is 355. The molecule has 0 aliphatic heterocycles. The van der Waals surface area contributed by atoms with Gasteiger partial charge in [0.1, 0.15) is 6.33 Å². The highest BCUT2D eigenvalue weighted by atomic mass is 16.5. The lowest BCUT2D eigenvalue weighted by Crippen LogP contribution is -2.09. The first kappa shape index (κ1) is 10.0. The van der Waals surface area contributed by atoms with Gasteiger partial charge in [-0.1, -0.05) is 6.92 Å². The van der Waals surface area contributed by atoms with Crippen molar-refractivity contribution in [3.63, 3.8) is 0 Å². The fraction of sp³-hybridized carbons (Fsp3) is 0.600. The van der Waals surface area contributed by atoms with Crippen LogP contribution < -0.4 is 15.4 Å². The van der Waals surface area contributed by atoms with E-state index in [2.05, 4.69) is 27.5 Å². The molecule has 1 aromatic heterocycles. The first-order valence-electron chi connectivity index (χ1n) is 5.09. The topological polar surface area (TPSA) is 59.1 Å². The fourth-order valence-corrected chi connectivity index (χ4v) is 1.55. The zero-order chi connectivity index (χ0) is 10.8. The maximum atomic E-state index is 5.28. The van der Waals surface area contributed by atoms with Crippen molar-refractivity contribution in [3.8, 4) is 5.75 Å². The summed E-state index contributed by atoms with van der Waals surface area (Å²) >= 11 is 0. The molecule has 5 heteroatoms. The number of hydrogen-bond acceptors (Lipinski definition) is 5. The number of ether oxygens (including phenoxy) is 1. The average Bonchev–Trinajstić information content (AvgIpc) is 2.94. The van der Waals surface area contributed by atoms with Gasteiger partial charge in [-0.15, -0.1) is 0 Å². The van der Waals surface area contributed by atoms with Crippen LogP contribution in [0.15, 0.2) is 6.33 Å². The summed E-state index contributed by atoms with van der Waals surface area (Å²) in [6.45, 7) is 2.21. The van der Waals surface area contributed by atoms with Crippen molar-refractivity contribution in [3.05, 3.63) is 6.33 Å². The third-order valence-electron chi connectivity index (χ3n) is 2.68. The summed E-state index contributed by atoms with van der Waals surface area (Å²) in [5.74, 6) is 2.89. The largest absolute Gasteiger partial charge is 0.490 e. The highest BCUT2D eigenvalue weighted by molar-refractivity contribution is 5.63. The van der Waals surface area contributed by atoms with Crippen LogP contribution in [0.25, 0.3) is 0 Å². The molecule has 2 atom stereocenters. The number of anilines is 2. The molecule has 1 saturated carbocycles. The highest BCUT2D eigenvalue weighted by Gasteiger charge is 2.33. The molecule has 0 amide bonds. The van der Waals surface area contributed by atoms with Crippen molar-refractivity contribution >= 4 is 11.6 Å². The Hall–Kier alpha value is -1.52. The lowest BCUT2D eigenvalue weighted by molar-refractivity contribution is 0.415. The van der Waals surface area contributed by atoms with Crippen LogP contribution in [0.1, 0.15) is 13.3 Å². The van der Waals surface area contributed by atoms with Crippen LogP contribution in [-0.2, 0) is 0 Å². The standard InChI is InChI=1S/C10H16N4O/c1-6-4-7(6)14-10-8(15-3)9(11-2)12-5-13-10/h5-7H,4H2,1-3H3,(H2,11,12,13,14). The zero-order valence-corrected chi connectivity index (χ0v) is 9.24. The van der Waals surface area contributed by atoms with E-state index < -0.39 is 0 Å². The van der Waals surface area contributed by atoms with Gasteiger partial charge in [0.05, 0.1) is 7.11 Å². The summed E-state index contributed by atoms with van der Waals surface area (Å²) in [6, 6.07) is 0.526. The minimum atomic E-state index is 0.526. The third-order valence-corrected chi connectivity index (χ3v) is 2.68. The van der Waals surface area contributed by atoms with E-state index in [9.17, 15) is 0 Å². The zero-order valence-electron chi connectivity index (χ0n) is 9.24. The predicted octanol–water partition coefficient (Wildman–Crippen LogP) is 1.35. The van der Waals surface area contributed by atoms with Gasteiger partial charge >= 0.3 is 0 Å². The molecule has 0 saturated heterocycles. The van der Waals surface area contributed by atoms with Crippen LogP contribution in [0.4, 0.5) is 11.6 Å². The monoisotopic (exact) mass is 208 g/mol. The van der Waals surface area contributed by atoms with E-state index >= 15 is 0 Å². The van der Waals surface area contributed by atoms with Gasteiger partial charge in [0.2, 0.25) is 5.75 Å². The molecule has 0 spiro atoms. The van der Waals surface area contributed by atoms with Gasteiger partial charge < -0.3 is 15.4 Å². The van der Waals surface area contributed by atoms with Gasteiger partial charge in [-0.05, 0) is 12.3 Å². The maximum Gasteiger partial charge on any atom is 0.204 e. The van der Waals surface area contributed by atoms with Crippen LogP contribution in [0.3, 0.4) is 0 Å². The lowest BCUT2D eigenvalue weighted by Gasteiger charge is -2.12. The van der Waals surface area contributed by atoms with Crippen LogP contribution in [0.5, 0.6) is 5.75 Å². The molecule has 1 heterocycles. The molecule has 1 aliphatic rings. The molecule has 0 aromatic carbocycles. The van der Waals surface area contributed by atoms with Gasteiger partial charge in [0.15, 0.2) is 11.6 Å². The van der Waals surface area contributed by atoms with Crippen LogP contribution in [0.2, 0.25) is 0 Å². The predicted molar refractivity (Wildman–Crippen MR) is 59.3 cm³/mol. The minimum Gasteiger partial charge on any atom is -0.490 e. The Morgan fingerprint density at radius 1 is 1.40 bits per heavy atom. The normalized spacial score (nSPS) is 23.4. The summed E-state index contributed by atoms with van der Waals surface area (Å²) in [5, 5.41) is 6.32. The van der Waals surface area contributed by atoms with E-state index in [1.807, 2.05) is 7.05 Å². The number of aromatic nitrogens is 2. The fourth-order valence-electron chi connectivity index (χ4n) is 1.55. The first-order chi connectivity index (χ1) is 7.26. The molecule has 1 fully saturated rings. The van der Waals surface area contributed by atoms with Crippen molar-refractivity contribution in [2.24, 2.45) is 5.92 Å². The Labute approximate surface area is 89.3 Å². The van der Waals surface area contributed by atoms with Gasteiger partial charge in [0, 0.05) is 13.1 Å². The molecule has 1 aliphatic carbocycles. The number of nitrogens with one attached hydrogen (secondary N) is 2. The van der Waals surface area contributed by atoms with E-state index in [-0.39, 0.29) is 0 Å². The van der Waals surface area contributed by atoms with Crippen LogP contribution in [-0.4, -0.2) is 30.2 Å². The SMILES string of the molecule is CNc1ncnc(NC2CC2C)c1OC. The Balaban J connectivity index is 2.21. The van der Waals surface area contributed by atoms with Crippen molar-refractivity contribution in [2.45, 2.75) is 19.4 Å². The second-order valence-electron chi connectivity index (χ2n) is 3.82. The summed E-state index contributed by atoms with van der Waals surface area (Å²) in [5.41, 5.74) is 0. The van der Waals surface area contributed by atoms with E-state index in [4.69, 9.17) is 4.74 Å². The van der Waals surface area contributed by atoms with Crippen molar-refractivity contribution in [1.82, 2.24) is 9.97 Å². The van der Waals surface area contributed by atoms with Gasteiger partial charge in [-0.2, -0.15) is 0 Å². The number of rotatable bonds is 4. The smallest absolute Gasteiger partial charge is 0.204 e. The third kappa shape index (κ3) is 1.95. The lowest BCUT2D eigenvalue weighted by atomic mass is 10.4. The number of nitrogens with zero attached hydrogens (tertiary/aromatic N) is 2. The van der Waals surface area contributed by atoms with Crippen molar-refractivity contribution in [1.29, 1.82) is 0 Å². The van der Waals surface area contributed by atoms with Crippen molar-refractivity contribution < 1.29 is 4.74 Å². The summed E-state index contributed by atoms with van der Waals surface area (Å²) in [7, 11) is 3.44. The minimum absolute atomic E-state index is 0.526. The van der Waals surface area contributed by atoms with Crippen LogP contribution in [0, 0.1) is 5.92 Å². The molecule has 5 nitrogen and oxygen atoms in total. The van der Waals surface area contributed by atoms with E-state index in [1.165, 1.54) is 12.7 Å². The molecule has 2 unspecified atom stereocenters. The molecule has 82 valence electrons. The van der Waals surface area contributed by atoms with Gasteiger partial charge in [-0.25, -0.2) is 9.97 Å². The van der Waals surface area contributed by atoms with Gasteiger partial charge in [-0.3, -0.25) is 0 Å². The summed E-state index contributed by atoms with van der Waals surface area (Å²) in [6.07, 6.45) is 2.73. The molecule has 0 bridgehead atoms. The average molecular weight is 208 g/mol. The van der Waals surface area contributed by atoms with Crippen molar-refractivity contribution in [2.75, 3.05) is 24.8 Å². The van der Waals surface area contributed by atoms with Gasteiger partial charge in [0.25, 0.3) is 0 Å². The molecular weight excluding hydrogens is 192 g/mol. The number of methoxy groups -OCH3 is 1. The maximum absolute atomic E-state index is 5.28. The molecule has 0 radical (unpaired) electrons. The second kappa shape index (κ2) is 3.92. The molecule has 2 N–H and O–H groups in total. The molecule has 15 heavy (non-hydrogen) atoms. The Morgan fingerprint density at radius 3 is 2.60 bits per heavy atom. The van der Waals surface area contributed by atoms with Crippen LogP contribution >= 0.6 is 0 Å². The molecule has 2 rings (SSSR count). The molecule has 1 aromatic rings. The number of hydrogen-bond donors (Lipinski definition) is 2. The Kier molecular flexibility index (Phi) is 2.62. The highest BCUT2D eigenvalue weighted by Crippen LogP contribution is 2.36. The second-order valence-corrected chi connectivity index (χ2v) is 3.82. The quantitative estimate of drug-likeness (QED) is 0.782. The van der Waals surface area contributed by atoms with E-state index in [0.29, 0.717) is 17.6 Å². The summed E-state index contributed by atoms with van der Waals surface area (Å²) < 4.78 is 5.28. The summed E-state index contributed by atoms with van der Waals surface area (Å²) in [4.78, 5) is 8.27. The molecular formula is C10H16N4O. The van der Waals surface area contributed by atoms with E-state index in [0.717, 1.165) is 11.7 Å². The Morgan fingerprint density at radius 2 is 2.07 bits per heavy atom. The van der Waals surface area contributed by atoms with E-state index in [1.54, 1.807) is 7.11 Å². The first-order valence-corrected chi connectivity index (χ1v) is 5.09.